The molecule has 2 N–H and O–H groups in total. The van der Waals surface area contributed by atoms with E-state index in [1.54, 1.807) is 41.7 Å². The smallest absolute Gasteiger partial charge is 0.274 e. The molecule has 0 saturated heterocycles. The molecule has 0 atom stereocenters. The summed E-state index contributed by atoms with van der Waals surface area (Å²) in [5.41, 5.74) is 2.65. The van der Waals surface area contributed by atoms with Gasteiger partial charge in [0.15, 0.2) is 0 Å². The topological polar surface area (TPSA) is 69.6 Å². The Morgan fingerprint density at radius 1 is 1.15 bits per heavy atom. The van der Waals surface area contributed by atoms with Gasteiger partial charge in [0.25, 0.3) is 11.8 Å². The van der Waals surface area contributed by atoms with Crippen LogP contribution in [0.1, 0.15) is 25.6 Å². The fraction of sp³-hybridized carbons (Fsp3) is 0.100. The lowest BCUT2D eigenvalue weighted by atomic mass is 10.1. The zero-order valence-corrected chi connectivity index (χ0v) is 14.8. The number of amides is 2. The third-order valence-corrected chi connectivity index (χ3v) is 4.88. The maximum Gasteiger partial charge on any atom is 0.274 e. The van der Waals surface area contributed by atoms with Crippen molar-refractivity contribution >= 4 is 33.2 Å². The van der Waals surface area contributed by atoms with Crippen molar-refractivity contribution in [2.24, 2.45) is 0 Å². The quantitative estimate of drug-likeness (QED) is 0.426. The normalized spacial score (nSPS) is 10.1. The molecule has 6 heteroatoms. The molecule has 0 spiro atoms. The predicted molar refractivity (Wildman–Crippen MR) is 101 cm³/mol. The van der Waals surface area contributed by atoms with Crippen LogP contribution in [0.4, 0.5) is 0 Å². The van der Waals surface area contributed by atoms with Crippen LogP contribution in [0.15, 0.2) is 54.6 Å². The van der Waals surface area contributed by atoms with Gasteiger partial charge in [0, 0.05) is 22.9 Å². The summed E-state index contributed by atoms with van der Waals surface area (Å²) in [7, 11) is 1.72. The molecule has 5 nitrogen and oxygen atoms in total. The van der Waals surface area contributed by atoms with Crippen molar-refractivity contribution < 1.29 is 14.8 Å². The summed E-state index contributed by atoms with van der Waals surface area (Å²) in [6, 6.07) is 16.3. The van der Waals surface area contributed by atoms with E-state index < -0.39 is 5.91 Å². The second-order valence-electron chi connectivity index (χ2n) is 5.63. The SMILES string of the molecule is CN(CC#Cc1ccc(C(=O)NO)cc1)C(=O)c1cc2ccccc2s1. The molecular formula is C20H16N2O3S. The van der Waals surface area contributed by atoms with Gasteiger partial charge in [-0.1, -0.05) is 30.0 Å². The Labute approximate surface area is 154 Å². The van der Waals surface area contributed by atoms with Crippen LogP contribution in [0.25, 0.3) is 10.1 Å². The maximum atomic E-state index is 12.5. The molecule has 0 radical (unpaired) electrons. The Hall–Kier alpha value is -3.14. The van der Waals surface area contributed by atoms with E-state index in [1.165, 1.54) is 11.3 Å². The summed E-state index contributed by atoms with van der Waals surface area (Å²) in [6.45, 7) is 0.298. The number of rotatable bonds is 3. The van der Waals surface area contributed by atoms with Crippen molar-refractivity contribution in [2.75, 3.05) is 13.6 Å². The van der Waals surface area contributed by atoms with Crippen molar-refractivity contribution in [1.82, 2.24) is 10.4 Å². The van der Waals surface area contributed by atoms with Crippen LogP contribution >= 0.6 is 11.3 Å². The average Bonchev–Trinajstić information content (AvgIpc) is 3.11. The Morgan fingerprint density at radius 2 is 1.88 bits per heavy atom. The first-order valence-electron chi connectivity index (χ1n) is 7.86. The lowest BCUT2D eigenvalue weighted by molar-refractivity contribution is 0.0706. The van der Waals surface area contributed by atoms with Gasteiger partial charge < -0.3 is 4.90 Å². The molecule has 0 fully saturated rings. The molecule has 3 aromatic rings. The number of benzene rings is 2. The van der Waals surface area contributed by atoms with Crippen LogP contribution in [0.5, 0.6) is 0 Å². The van der Waals surface area contributed by atoms with Crippen LogP contribution in [-0.4, -0.2) is 35.5 Å². The van der Waals surface area contributed by atoms with Crippen LogP contribution in [-0.2, 0) is 0 Å². The highest BCUT2D eigenvalue weighted by atomic mass is 32.1. The summed E-state index contributed by atoms with van der Waals surface area (Å²) in [4.78, 5) is 26.0. The molecule has 2 amide bonds. The fourth-order valence-corrected chi connectivity index (χ4v) is 3.43. The molecule has 0 aliphatic carbocycles. The van der Waals surface area contributed by atoms with Gasteiger partial charge >= 0.3 is 0 Å². The van der Waals surface area contributed by atoms with Crippen molar-refractivity contribution in [2.45, 2.75) is 0 Å². The first kappa shape index (κ1) is 17.7. The van der Waals surface area contributed by atoms with Gasteiger partial charge in [0.2, 0.25) is 0 Å². The number of nitrogens with one attached hydrogen (secondary N) is 1. The maximum absolute atomic E-state index is 12.5. The second kappa shape index (κ2) is 7.83. The molecule has 0 unspecified atom stereocenters. The number of carbonyl (C=O) groups excluding carboxylic acids is 2. The zero-order chi connectivity index (χ0) is 18.5. The lowest BCUT2D eigenvalue weighted by Crippen LogP contribution is -2.26. The number of fused-ring (bicyclic) bond motifs is 1. The van der Waals surface area contributed by atoms with E-state index >= 15 is 0 Å². The van der Waals surface area contributed by atoms with Crippen molar-refractivity contribution in [3.63, 3.8) is 0 Å². The largest absolute Gasteiger partial charge is 0.330 e. The van der Waals surface area contributed by atoms with Gasteiger partial charge in [-0.15, -0.1) is 11.3 Å². The lowest BCUT2D eigenvalue weighted by Gasteiger charge is -2.11. The third kappa shape index (κ3) is 3.91. The number of carbonyl (C=O) groups is 2. The molecule has 2 aromatic carbocycles. The third-order valence-electron chi connectivity index (χ3n) is 3.78. The molecule has 0 bridgehead atoms. The van der Waals surface area contributed by atoms with Crippen LogP contribution in [0.3, 0.4) is 0 Å². The zero-order valence-electron chi connectivity index (χ0n) is 14.0. The van der Waals surface area contributed by atoms with E-state index in [2.05, 4.69) is 11.8 Å². The minimum Gasteiger partial charge on any atom is -0.330 e. The van der Waals surface area contributed by atoms with Gasteiger partial charge in [0.1, 0.15) is 0 Å². The number of hydrogen-bond donors (Lipinski definition) is 2. The molecular weight excluding hydrogens is 348 g/mol. The van der Waals surface area contributed by atoms with Gasteiger partial charge in [-0.05, 0) is 41.8 Å². The highest BCUT2D eigenvalue weighted by Crippen LogP contribution is 2.25. The molecule has 130 valence electrons. The first-order chi connectivity index (χ1) is 12.6. The van der Waals surface area contributed by atoms with Crippen LogP contribution in [0, 0.1) is 11.8 Å². The van der Waals surface area contributed by atoms with E-state index in [0.717, 1.165) is 15.6 Å². The van der Waals surface area contributed by atoms with E-state index in [9.17, 15) is 9.59 Å². The Balaban J connectivity index is 1.65. The number of thiophene rings is 1. The predicted octanol–water partition coefficient (Wildman–Crippen LogP) is 3.14. The Kier molecular flexibility index (Phi) is 5.32. The minimum atomic E-state index is -0.571. The van der Waals surface area contributed by atoms with Gasteiger partial charge in [-0.2, -0.15) is 0 Å². The molecule has 0 saturated carbocycles. The molecule has 1 heterocycles. The second-order valence-corrected chi connectivity index (χ2v) is 6.71. The summed E-state index contributed by atoms with van der Waals surface area (Å²) in [6.07, 6.45) is 0. The van der Waals surface area contributed by atoms with Gasteiger partial charge in [0.05, 0.1) is 11.4 Å². The van der Waals surface area contributed by atoms with E-state index in [1.807, 2.05) is 30.3 Å². The van der Waals surface area contributed by atoms with Crippen LogP contribution in [0.2, 0.25) is 0 Å². The van der Waals surface area contributed by atoms with E-state index in [-0.39, 0.29) is 5.91 Å². The summed E-state index contributed by atoms with van der Waals surface area (Å²) >= 11 is 1.47. The van der Waals surface area contributed by atoms with Crippen molar-refractivity contribution in [1.29, 1.82) is 0 Å². The average molecular weight is 364 g/mol. The first-order valence-corrected chi connectivity index (χ1v) is 8.67. The van der Waals surface area contributed by atoms with E-state index in [4.69, 9.17) is 5.21 Å². The number of nitrogens with zero attached hydrogens (tertiary/aromatic N) is 1. The van der Waals surface area contributed by atoms with E-state index in [0.29, 0.717) is 17.0 Å². The minimum absolute atomic E-state index is 0.0598. The standard InChI is InChI=1S/C20H16N2O3S/c1-22(20(24)18-13-16-6-2-3-7-17(16)26-18)12-4-5-14-8-10-15(11-9-14)19(23)21-25/h2-3,6-11,13,25H,12H2,1H3,(H,21,23). The Bertz CT molecular complexity index is 980. The molecule has 3 rings (SSSR count). The van der Waals surface area contributed by atoms with Gasteiger partial charge in [-0.3, -0.25) is 14.8 Å². The molecule has 0 aliphatic heterocycles. The van der Waals surface area contributed by atoms with Crippen LogP contribution < -0.4 is 5.48 Å². The summed E-state index contributed by atoms with van der Waals surface area (Å²) < 4.78 is 1.09. The van der Waals surface area contributed by atoms with Crippen molar-refractivity contribution in [3.05, 3.63) is 70.6 Å². The molecule has 26 heavy (non-hydrogen) atoms. The monoisotopic (exact) mass is 364 g/mol. The van der Waals surface area contributed by atoms with Gasteiger partial charge in [-0.25, -0.2) is 5.48 Å². The number of hydrogen-bond acceptors (Lipinski definition) is 4. The number of hydroxylamine groups is 1. The highest BCUT2D eigenvalue weighted by Gasteiger charge is 2.13. The molecule has 0 aliphatic rings. The highest BCUT2D eigenvalue weighted by molar-refractivity contribution is 7.20. The molecule has 1 aromatic heterocycles. The summed E-state index contributed by atoms with van der Waals surface area (Å²) in [5, 5.41) is 9.65. The fourth-order valence-electron chi connectivity index (χ4n) is 2.38. The Morgan fingerprint density at radius 3 is 2.58 bits per heavy atom. The summed E-state index contributed by atoms with van der Waals surface area (Å²) in [5.74, 6) is 5.29. The van der Waals surface area contributed by atoms with Crippen molar-refractivity contribution in [3.8, 4) is 11.8 Å².